The molecule has 0 aromatic rings. The minimum Gasteiger partial charge on any atom is -0.387 e. The number of nitrogens with one attached hydrogen (secondary N) is 1. The summed E-state index contributed by atoms with van der Waals surface area (Å²) in [6.07, 6.45) is 33.5. The Hall–Kier alpha value is -1.48. The van der Waals surface area contributed by atoms with Crippen LogP contribution in [0.3, 0.4) is 0 Å². The third kappa shape index (κ3) is 29.0. The number of rotatable bonds is 30. The van der Waals surface area contributed by atoms with E-state index in [1.807, 2.05) is 0 Å². The summed E-state index contributed by atoms with van der Waals surface area (Å²) in [6, 6.07) is -1.25. The van der Waals surface area contributed by atoms with Gasteiger partial charge in [0.15, 0.2) is 0 Å². The monoisotopic (exact) mass is 627 g/mol. The van der Waals surface area contributed by atoms with Gasteiger partial charge in [0.05, 0.1) is 17.9 Å². The highest BCUT2D eigenvalue weighted by Gasteiger charge is 2.27. The highest BCUT2D eigenvalue weighted by Crippen LogP contribution is 2.12. The van der Waals surface area contributed by atoms with Crippen LogP contribution in [0.4, 0.5) is 0 Å². The van der Waals surface area contributed by atoms with Crippen molar-refractivity contribution in [3.63, 3.8) is 0 Å². The van der Waals surface area contributed by atoms with Gasteiger partial charge in [-0.25, -0.2) is 0 Å². The zero-order valence-electron chi connectivity index (χ0n) is 27.4. The maximum absolute atomic E-state index is 12.5. The lowest BCUT2D eigenvalue weighted by molar-refractivity contribution is -0.130. The van der Waals surface area contributed by atoms with E-state index in [1.165, 1.54) is 83.1 Å². The van der Waals surface area contributed by atoms with Crippen molar-refractivity contribution in [2.24, 2.45) is 0 Å². The standard InChI is InChI=1S/C35H65NO6S/c1-3-5-7-9-11-13-15-16-17-18-20-22-24-26-28-30-34(38)35(39)36-32(31-43(40,41)42)33(37)29-27-25-23-21-19-14-12-10-8-6-4-2/h17-19,21,27,29,32-34,37-38H,3-16,20,22-26,28,30-31H2,1-2H3,(H,36,39)(H,40,41,42)/b18-17-,21-19+,29-27+. The fraction of sp³-hybridized carbons (Fsp3) is 0.800. The molecule has 3 unspecified atom stereocenters. The quantitative estimate of drug-likeness (QED) is 0.0360. The Kier molecular flexibility index (Phi) is 28.2. The summed E-state index contributed by atoms with van der Waals surface area (Å²) in [6.45, 7) is 4.44. The van der Waals surface area contributed by atoms with Gasteiger partial charge in [0.2, 0.25) is 5.91 Å². The average Bonchev–Trinajstić information content (AvgIpc) is 2.96. The van der Waals surface area contributed by atoms with E-state index >= 15 is 0 Å². The molecule has 0 aliphatic rings. The van der Waals surface area contributed by atoms with Gasteiger partial charge in [0, 0.05) is 0 Å². The van der Waals surface area contributed by atoms with E-state index in [4.69, 9.17) is 0 Å². The average molecular weight is 628 g/mol. The first-order valence-corrected chi connectivity index (χ1v) is 18.9. The van der Waals surface area contributed by atoms with E-state index in [0.717, 1.165) is 44.9 Å². The molecular weight excluding hydrogens is 562 g/mol. The van der Waals surface area contributed by atoms with Gasteiger partial charge >= 0.3 is 0 Å². The molecule has 0 heterocycles. The van der Waals surface area contributed by atoms with Gasteiger partial charge in [0.25, 0.3) is 10.1 Å². The van der Waals surface area contributed by atoms with E-state index in [-0.39, 0.29) is 6.42 Å². The van der Waals surface area contributed by atoms with Gasteiger partial charge < -0.3 is 15.5 Å². The molecule has 0 rings (SSSR count). The Morgan fingerprint density at radius 3 is 1.53 bits per heavy atom. The number of aliphatic hydroxyl groups excluding tert-OH is 2. The van der Waals surface area contributed by atoms with E-state index in [2.05, 4.69) is 43.5 Å². The number of hydrogen-bond donors (Lipinski definition) is 4. The Morgan fingerprint density at radius 1 is 0.628 bits per heavy atom. The second kappa shape index (κ2) is 29.2. The molecule has 0 aromatic heterocycles. The topological polar surface area (TPSA) is 124 Å². The van der Waals surface area contributed by atoms with Crippen LogP contribution in [-0.4, -0.2) is 53.1 Å². The van der Waals surface area contributed by atoms with Crippen molar-refractivity contribution in [3.8, 4) is 0 Å². The Balaban J connectivity index is 4.21. The second-order valence-electron chi connectivity index (χ2n) is 11.9. The molecule has 4 N–H and O–H groups in total. The minimum absolute atomic E-state index is 0.259. The Morgan fingerprint density at radius 2 is 1.05 bits per heavy atom. The number of allylic oxidation sites excluding steroid dienone is 5. The van der Waals surface area contributed by atoms with Crippen molar-refractivity contribution in [2.45, 2.75) is 173 Å². The summed E-state index contributed by atoms with van der Waals surface area (Å²) < 4.78 is 32.3. The van der Waals surface area contributed by atoms with E-state index in [0.29, 0.717) is 12.8 Å². The van der Waals surface area contributed by atoms with E-state index < -0.39 is 40.0 Å². The van der Waals surface area contributed by atoms with Crippen LogP contribution in [0.15, 0.2) is 36.5 Å². The second-order valence-corrected chi connectivity index (χ2v) is 13.4. The van der Waals surface area contributed by atoms with Crippen LogP contribution in [0.1, 0.15) is 155 Å². The largest absolute Gasteiger partial charge is 0.387 e. The molecule has 0 spiro atoms. The first kappa shape index (κ1) is 41.5. The number of carbonyl (C=O) groups excluding carboxylic acids is 1. The van der Waals surface area contributed by atoms with Crippen molar-refractivity contribution in [1.82, 2.24) is 5.32 Å². The first-order chi connectivity index (χ1) is 20.7. The number of carbonyl (C=O) groups is 1. The van der Waals surface area contributed by atoms with E-state index in [1.54, 1.807) is 6.08 Å². The molecule has 8 heteroatoms. The van der Waals surface area contributed by atoms with Gasteiger partial charge in [-0.05, 0) is 57.8 Å². The predicted octanol–water partition coefficient (Wildman–Crippen LogP) is 8.37. The molecule has 0 aliphatic carbocycles. The predicted molar refractivity (Wildman–Crippen MR) is 181 cm³/mol. The molecular formula is C35H65NO6S. The van der Waals surface area contributed by atoms with Crippen molar-refractivity contribution >= 4 is 16.0 Å². The van der Waals surface area contributed by atoms with Crippen molar-refractivity contribution in [1.29, 1.82) is 0 Å². The smallest absolute Gasteiger partial charge is 0.267 e. The Labute approximate surface area is 264 Å². The maximum Gasteiger partial charge on any atom is 0.267 e. The zero-order chi connectivity index (χ0) is 32.0. The third-order valence-corrected chi connectivity index (χ3v) is 8.43. The van der Waals surface area contributed by atoms with Gasteiger partial charge in [-0.2, -0.15) is 8.42 Å². The van der Waals surface area contributed by atoms with Gasteiger partial charge in [-0.1, -0.05) is 134 Å². The molecule has 0 saturated heterocycles. The van der Waals surface area contributed by atoms with Crippen LogP contribution in [0.5, 0.6) is 0 Å². The lowest BCUT2D eigenvalue weighted by Crippen LogP contribution is -2.50. The molecule has 0 saturated carbocycles. The molecule has 1 amide bonds. The highest BCUT2D eigenvalue weighted by atomic mass is 32.2. The Bertz CT molecular complexity index is 839. The summed E-state index contributed by atoms with van der Waals surface area (Å²) in [5.41, 5.74) is 0. The summed E-state index contributed by atoms with van der Waals surface area (Å²) in [5.74, 6) is -1.57. The van der Waals surface area contributed by atoms with Crippen molar-refractivity contribution in [2.75, 3.05) is 5.75 Å². The summed E-state index contributed by atoms with van der Waals surface area (Å²) in [7, 11) is -4.44. The number of hydrogen-bond acceptors (Lipinski definition) is 5. The number of aliphatic hydroxyl groups is 2. The summed E-state index contributed by atoms with van der Waals surface area (Å²) >= 11 is 0. The first-order valence-electron chi connectivity index (χ1n) is 17.3. The van der Waals surface area contributed by atoms with Crippen LogP contribution < -0.4 is 5.32 Å². The molecule has 7 nitrogen and oxygen atoms in total. The van der Waals surface area contributed by atoms with Crippen LogP contribution in [0.25, 0.3) is 0 Å². The normalized spacial score (nSPS) is 14.6. The number of unbranched alkanes of at least 4 members (excludes halogenated alkanes) is 17. The van der Waals surface area contributed by atoms with Crippen molar-refractivity contribution in [3.05, 3.63) is 36.5 Å². The fourth-order valence-electron chi connectivity index (χ4n) is 4.93. The third-order valence-electron chi connectivity index (χ3n) is 7.65. The van der Waals surface area contributed by atoms with E-state index in [9.17, 15) is 28.0 Å². The van der Waals surface area contributed by atoms with Crippen LogP contribution in [0.2, 0.25) is 0 Å². The zero-order valence-corrected chi connectivity index (χ0v) is 28.3. The van der Waals surface area contributed by atoms with Gasteiger partial charge in [-0.15, -0.1) is 0 Å². The molecule has 43 heavy (non-hydrogen) atoms. The molecule has 0 radical (unpaired) electrons. The van der Waals surface area contributed by atoms with Gasteiger partial charge in [-0.3, -0.25) is 9.35 Å². The lowest BCUT2D eigenvalue weighted by Gasteiger charge is -2.22. The maximum atomic E-state index is 12.5. The van der Waals surface area contributed by atoms with Gasteiger partial charge in [0.1, 0.15) is 6.10 Å². The van der Waals surface area contributed by atoms with Crippen LogP contribution in [-0.2, 0) is 14.9 Å². The molecule has 3 atom stereocenters. The minimum atomic E-state index is -4.44. The van der Waals surface area contributed by atoms with Crippen LogP contribution >= 0.6 is 0 Å². The number of amides is 1. The SMILES string of the molecule is CCCCCCC/C=C/CC/C=C/C(O)C(CS(=O)(=O)O)NC(=O)C(O)CCCCCC/C=C\CCCCCCCCC. The molecule has 252 valence electrons. The molecule has 0 fully saturated rings. The molecule has 0 bridgehead atoms. The highest BCUT2D eigenvalue weighted by molar-refractivity contribution is 7.85. The fourth-order valence-corrected chi connectivity index (χ4v) is 5.67. The van der Waals surface area contributed by atoms with Crippen molar-refractivity contribution < 1.29 is 28.0 Å². The molecule has 0 aliphatic heterocycles. The lowest BCUT2D eigenvalue weighted by atomic mass is 10.1. The summed E-state index contributed by atoms with van der Waals surface area (Å²) in [4.78, 5) is 12.5. The summed E-state index contributed by atoms with van der Waals surface area (Å²) in [5, 5.41) is 23.2. The van der Waals surface area contributed by atoms with Crippen LogP contribution in [0, 0.1) is 0 Å². The molecule has 0 aromatic carbocycles.